The molecule has 0 bridgehead atoms. The van der Waals surface area contributed by atoms with E-state index in [0.717, 1.165) is 39.7 Å². The van der Waals surface area contributed by atoms with Gasteiger partial charge in [-0.15, -0.1) is 0 Å². The monoisotopic (exact) mass is 813 g/mol. The summed E-state index contributed by atoms with van der Waals surface area (Å²) >= 11 is 0. The van der Waals surface area contributed by atoms with Gasteiger partial charge in [-0.05, 0) is 115 Å². The van der Waals surface area contributed by atoms with Crippen molar-refractivity contribution in [2.45, 2.75) is 10.8 Å². The molecule has 0 saturated heterocycles. The van der Waals surface area contributed by atoms with E-state index in [1.807, 2.05) is 0 Å². The van der Waals surface area contributed by atoms with Crippen LogP contribution in [0.2, 0.25) is 0 Å². The van der Waals surface area contributed by atoms with E-state index in [9.17, 15) is 0 Å². The van der Waals surface area contributed by atoms with Crippen LogP contribution in [0, 0.1) is 0 Å². The van der Waals surface area contributed by atoms with Crippen LogP contribution >= 0.6 is 0 Å². The molecule has 2 nitrogen and oxygen atoms in total. The van der Waals surface area contributed by atoms with Crippen LogP contribution in [-0.4, -0.2) is 0 Å². The molecule has 64 heavy (non-hydrogen) atoms. The van der Waals surface area contributed by atoms with Gasteiger partial charge in [0.2, 0.25) is 0 Å². The van der Waals surface area contributed by atoms with Crippen LogP contribution in [0.5, 0.6) is 11.5 Å². The second-order valence-electron chi connectivity index (χ2n) is 17.5. The Labute approximate surface area is 373 Å². The number of benzene rings is 10. The van der Waals surface area contributed by atoms with Gasteiger partial charge >= 0.3 is 0 Å². The van der Waals surface area contributed by atoms with Gasteiger partial charge in [0.1, 0.15) is 11.5 Å². The van der Waals surface area contributed by atoms with Gasteiger partial charge in [0.05, 0.1) is 16.5 Å². The molecule has 298 valence electrons. The quantitative estimate of drug-likeness (QED) is 0.175. The zero-order valence-electron chi connectivity index (χ0n) is 34.9. The third-order valence-electron chi connectivity index (χ3n) is 14.6. The van der Waals surface area contributed by atoms with E-state index in [2.05, 4.69) is 241 Å². The fourth-order valence-corrected chi connectivity index (χ4v) is 12.2. The van der Waals surface area contributed by atoms with E-state index >= 15 is 0 Å². The Morgan fingerprint density at radius 2 is 0.703 bits per heavy atom. The van der Waals surface area contributed by atoms with Crippen molar-refractivity contribution in [1.82, 2.24) is 0 Å². The summed E-state index contributed by atoms with van der Waals surface area (Å²) in [6.45, 7) is 0. The maximum absolute atomic E-state index is 6.71. The third-order valence-corrected chi connectivity index (χ3v) is 14.6. The van der Waals surface area contributed by atoms with Crippen LogP contribution in [-0.2, 0) is 10.8 Å². The fraction of sp³-hybridized carbons (Fsp3) is 0.0323. The van der Waals surface area contributed by atoms with Crippen LogP contribution in [0.1, 0.15) is 44.5 Å². The molecule has 0 aromatic heterocycles. The van der Waals surface area contributed by atoms with Crippen LogP contribution in [0.25, 0.3) is 44.5 Å². The van der Waals surface area contributed by atoms with Gasteiger partial charge in [0.15, 0.2) is 0 Å². The molecule has 3 aliphatic carbocycles. The molecule has 0 amide bonds. The number of anilines is 3. The van der Waals surface area contributed by atoms with Crippen LogP contribution in [0.4, 0.5) is 17.1 Å². The molecule has 10 aromatic carbocycles. The first-order valence-electron chi connectivity index (χ1n) is 22.3. The fourth-order valence-electron chi connectivity index (χ4n) is 12.2. The minimum Gasteiger partial charge on any atom is -0.457 e. The predicted octanol–water partition coefficient (Wildman–Crippen LogP) is 15.6. The highest BCUT2D eigenvalue weighted by Gasteiger charge is 2.53. The first-order chi connectivity index (χ1) is 31.8. The molecule has 1 aliphatic heterocycles. The second kappa shape index (κ2) is 13.2. The number of ether oxygens (including phenoxy) is 1. The molecule has 0 N–H and O–H groups in total. The van der Waals surface area contributed by atoms with Crippen LogP contribution < -0.4 is 9.64 Å². The number of hydrogen-bond donors (Lipinski definition) is 0. The molecule has 2 spiro atoms. The maximum Gasteiger partial charge on any atom is 0.132 e. The molecule has 0 saturated carbocycles. The summed E-state index contributed by atoms with van der Waals surface area (Å²) in [6, 6.07) is 87.5. The molecule has 0 radical (unpaired) electrons. The number of rotatable bonds is 4. The van der Waals surface area contributed by atoms with E-state index in [-0.39, 0.29) is 0 Å². The minimum atomic E-state index is -0.586. The van der Waals surface area contributed by atoms with Crippen LogP contribution in [0.15, 0.2) is 237 Å². The van der Waals surface area contributed by atoms with Crippen molar-refractivity contribution < 1.29 is 4.74 Å². The summed E-state index contributed by atoms with van der Waals surface area (Å²) in [5.41, 5.74) is 22.5. The molecule has 1 heterocycles. The highest BCUT2D eigenvalue weighted by molar-refractivity contribution is 6.00. The summed E-state index contributed by atoms with van der Waals surface area (Å²) in [5.74, 6) is 1.78. The zero-order chi connectivity index (χ0) is 42.0. The third kappa shape index (κ3) is 4.49. The van der Waals surface area contributed by atoms with Crippen molar-refractivity contribution in [3.05, 3.63) is 281 Å². The SMILES string of the molecule is c1ccc(-c2ccc(N(c3ccc4c(c3)C3(c5ccccc5-c5ccccc53)c3ccccc3-4)c3cccc4c3-c3ccccc3C43c4ccccc4Oc4ccccc43)cc2)cc1. The highest BCUT2D eigenvalue weighted by atomic mass is 16.5. The first kappa shape index (κ1) is 35.4. The van der Waals surface area contributed by atoms with Gasteiger partial charge in [-0.1, -0.05) is 194 Å². The maximum atomic E-state index is 6.71. The number of nitrogens with zero attached hydrogens (tertiary/aromatic N) is 1. The van der Waals surface area contributed by atoms with Crippen LogP contribution in [0.3, 0.4) is 0 Å². The van der Waals surface area contributed by atoms with Gasteiger partial charge in [-0.3, -0.25) is 0 Å². The minimum absolute atomic E-state index is 0.469. The average Bonchev–Trinajstić information content (AvgIpc) is 3.95. The Morgan fingerprint density at radius 3 is 1.30 bits per heavy atom. The molecule has 0 unspecified atom stereocenters. The lowest BCUT2D eigenvalue weighted by molar-refractivity contribution is 0.436. The van der Waals surface area contributed by atoms with Crippen molar-refractivity contribution in [2.75, 3.05) is 4.90 Å². The largest absolute Gasteiger partial charge is 0.457 e. The topological polar surface area (TPSA) is 12.5 Å². The summed E-state index contributed by atoms with van der Waals surface area (Å²) in [6.07, 6.45) is 0. The molecule has 0 atom stereocenters. The Kier molecular flexibility index (Phi) is 7.28. The Hall–Kier alpha value is -8.20. The normalized spacial score (nSPS) is 14.3. The van der Waals surface area contributed by atoms with Gasteiger partial charge in [-0.25, -0.2) is 0 Å². The van der Waals surface area contributed by atoms with Crippen molar-refractivity contribution in [3.63, 3.8) is 0 Å². The summed E-state index contributed by atoms with van der Waals surface area (Å²) < 4.78 is 6.71. The molecular formula is C62H39NO. The van der Waals surface area contributed by atoms with Gasteiger partial charge in [0, 0.05) is 28.1 Å². The van der Waals surface area contributed by atoms with E-state index in [1.54, 1.807) is 0 Å². The zero-order valence-corrected chi connectivity index (χ0v) is 34.9. The van der Waals surface area contributed by atoms with Crippen molar-refractivity contribution in [2.24, 2.45) is 0 Å². The van der Waals surface area contributed by atoms with E-state index < -0.39 is 10.8 Å². The average molecular weight is 814 g/mol. The molecule has 14 rings (SSSR count). The smallest absolute Gasteiger partial charge is 0.132 e. The van der Waals surface area contributed by atoms with E-state index in [1.165, 1.54) is 77.9 Å². The summed E-state index contributed by atoms with van der Waals surface area (Å²) in [7, 11) is 0. The first-order valence-corrected chi connectivity index (χ1v) is 22.3. The lowest BCUT2D eigenvalue weighted by atomic mass is 9.66. The van der Waals surface area contributed by atoms with E-state index in [4.69, 9.17) is 4.74 Å². The molecule has 0 fully saturated rings. The second-order valence-corrected chi connectivity index (χ2v) is 17.5. The molecular weight excluding hydrogens is 775 g/mol. The van der Waals surface area contributed by atoms with Crippen molar-refractivity contribution >= 4 is 17.1 Å². The van der Waals surface area contributed by atoms with Gasteiger partial charge < -0.3 is 9.64 Å². The number of para-hydroxylation sites is 2. The van der Waals surface area contributed by atoms with Gasteiger partial charge in [0.25, 0.3) is 0 Å². The standard InChI is InChI=1S/C62H39NO/c1-2-17-40(18-3-1)41-33-35-42(36-34-41)63(43-37-38-47-46-21-6-10-25-51(46)61(56(47)39-43)49-23-8-4-19-44(49)45-20-5-9-24-50(45)61)57-30-16-29-55-60(57)48-22-7-11-26-52(48)62(55)53-27-12-14-31-58(53)64-59-32-15-13-28-54(59)62/h1-39H. The lowest BCUT2D eigenvalue weighted by Crippen LogP contribution is -2.32. The van der Waals surface area contributed by atoms with Gasteiger partial charge in [-0.2, -0.15) is 0 Å². The Balaban J connectivity index is 1.06. The van der Waals surface area contributed by atoms with Crippen molar-refractivity contribution in [3.8, 4) is 56.0 Å². The van der Waals surface area contributed by atoms with E-state index in [0.29, 0.717) is 0 Å². The molecule has 2 heteroatoms. The highest BCUT2D eigenvalue weighted by Crippen LogP contribution is 2.66. The summed E-state index contributed by atoms with van der Waals surface area (Å²) in [5, 5.41) is 0. The predicted molar refractivity (Wildman–Crippen MR) is 260 cm³/mol. The molecule has 4 aliphatic rings. The number of hydrogen-bond acceptors (Lipinski definition) is 2. The summed E-state index contributed by atoms with van der Waals surface area (Å²) in [4.78, 5) is 2.52. The lowest BCUT2D eigenvalue weighted by Gasteiger charge is -2.39. The van der Waals surface area contributed by atoms with Crippen molar-refractivity contribution in [1.29, 1.82) is 0 Å². The Bertz CT molecular complexity index is 3440. The number of fused-ring (bicyclic) bond motifs is 19. The Morgan fingerprint density at radius 1 is 0.281 bits per heavy atom. The molecule has 10 aromatic rings.